The molecule has 358 valence electrons. The van der Waals surface area contributed by atoms with Crippen LogP contribution in [0.3, 0.4) is 0 Å². The second kappa shape index (κ2) is 20.7. The summed E-state index contributed by atoms with van der Waals surface area (Å²) in [5.41, 5.74) is 8.40. The van der Waals surface area contributed by atoms with Crippen molar-refractivity contribution in [3.63, 3.8) is 0 Å². The molecule has 0 aliphatic heterocycles. The van der Waals surface area contributed by atoms with Crippen LogP contribution in [-0.4, -0.2) is 9.85 Å². The zero-order valence-corrected chi connectivity index (χ0v) is 41.3. The molecule has 0 aliphatic carbocycles. The van der Waals surface area contributed by atoms with E-state index in [9.17, 15) is 20.2 Å². The number of hydrogen-bond donors (Lipinski definition) is 0. The second-order valence-electron chi connectivity index (χ2n) is 18.2. The highest BCUT2D eigenvalue weighted by atomic mass is 16.6. The van der Waals surface area contributed by atoms with Crippen LogP contribution in [0, 0.1) is 91.3 Å². The number of non-ortho nitro benzene ring substituents is 2. The maximum Gasteiger partial charge on any atom is 0.277 e. The normalized spacial score (nSPS) is 10.4. The summed E-state index contributed by atoms with van der Waals surface area (Å²) in [5.74, 6) is 39.8. The third-order valence-corrected chi connectivity index (χ3v) is 13.7. The summed E-state index contributed by atoms with van der Waals surface area (Å²) < 4.78 is 0. The quantitative estimate of drug-likeness (QED) is 0.0981. The molecule has 0 radical (unpaired) electrons. The second-order valence-corrected chi connectivity index (χ2v) is 18.2. The largest absolute Gasteiger partial charge is 0.277 e. The van der Waals surface area contributed by atoms with Crippen LogP contribution in [-0.2, 0) is 0 Å². The summed E-state index contributed by atoms with van der Waals surface area (Å²) in [7, 11) is 0. The van der Waals surface area contributed by atoms with Crippen LogP contribution in [0.4, 0.5) is 11.4 Å². The van der Waals surface area contributed by atoms with Gasteiger partial charge in [0.1, 0.15) is 0 Å². The predicted octanol–water partition coefficient (Wildman–Crippen LogP) is 15.4. The van der Waals surface area contributed by atoms with E-state index in [1.54, 1.807) is 36.4 Å². The van der Waals surface area contributed by atoms with Crippen molar-refractivity contribution in [2.45, 2.75) is 0 Å². The molecule has 0 saturated carbocycles. The maximum absolute atomic E-state index is 11.7. The molecule has 0 fully saturated rings. The summed E-state index contributed by atoms with van der Waals surface area (Å²) in [6, 6.07) is 69.3. The van der Waals surface area contributed by atoms with Gasteiger partial charge in [-0.25, -0.2) is 0 Å². The summed E-state index contributed by atoms with van der Waals surface area (Å²) in [6.07, 6.45) is 0. The van der Waals surface area contributed by atoms with Crippen LogP contribution in [0.15, 0.2) is 218 Å². The first-order valence-corrected chi connectivity index (χ1v) is 24.9. The van der Waals surface area contributed by atoms with Crippen LogP contribution in [0.5, 0.6) is 0 Å². The lowest BCUT2D eigenvalue weighted by Crippen LogP contribution is -1.90. The van der Waals surface area contributed by atoms with Gasteiger partial charge in [0.25, 0.3) is 11.4 Å². The van der Waals surface area contributed by atoms with Crippen LogP contribution in [0.2, 0.25) is 0 Å². The van der Waals surface area contributed by atoms with E-state index < -0.39 is 0 Å². The molecule has 0 N–H and O–H groups in total. The molecule has 6 heteroatoms. The first kappa shape index (κ1) is 47.4. The Balaban J connectivity index is 0.798. The van der Waals surface area contributed by atoms with Crippen molar-refractivity contribution in [1.82, 2.24) is 0 Å². The molecule has 78 heavy (non-hydrogen) atoms. The Hall–Kier alpha value is -11.6. The number of rotatable bonds is 2. The van der Waals surface area contributed by atoms with Gasteiger partial charge in [0, 0.05) is 78.5 Å². The molecule has 12 aromatic carbocycles. The first-order valence-electron chi connectivity index (χ1n) is 24.9. The molecule has 12 aromatic rings. The number of hydrogen-bond acceptors (Lipinski definition) is 4. The van der Waals surface area contributed by atoms with Crippen molar-refractivity contribution in [1.29, 1.82) is 0 Å². The molecular weight excluding hydrogens is 957 g/mol. The molecule has 0 spiro atoms. The average molecular weight is 993 g/mol. The topological polar surface area (TPSA) is 86.3 Å². The minimum Gasteiger partial charge on any atom is -0.258 e. The van der Waals surface area contributed by atoms with E-state index in [0.717, 1.165) is 109 Å². The van der Waals surface area contributed by atoms with E-state index in [1.165, 1.54) is 12.1 Å². The van der Waals surface area contributed by atoms with Gasteiger partial charge in [-0.05, 0) is 128 Å². The van der Waals surface area contributed by atoms with Gasteiger partial charge in [0.2, 0.25) is 0 Å². The minimum absolute atomic E-state index is 0.0560. The Labute approximate surface area is 448 Å². The Bertz CT molecular complexity index is 4660. The number of nitro benzene ring substituents is 2. The van der Waals surface area contributed by atoms with Crippen LogP contribution in [0.1, 0.15) is 55.6 Å². The Morgan fingerprint density at radius 1 is 0.205 bits per heavy atom. The highest BCUT2D eigenvalue weighted by Gasteiger charge is 2.14. The highest BCUT2D eigenvalue weighted by molar-refractivity contribution is 5.99. The first-order chi connectivity index (χ1) is 38.4. The lowest BCUT2D eigenvalue weighted by atomic mass is 9.98. The number of fused-ring (bicyclic) bond motifs is 6. The van der Waals surface area contributed by atoms with Crippen LogP contribution in [0.25, 0.3) is 64.6 Å². The molecule has 0 aromatic heterocycles. The van der Waals surface area contributed by atoms with Gasteiger partial charge in [0.05, 0.1) is 20.6 Å². The third-order valence-electron chi connectivity index (χ3n) is 13.7. The van der Waals surface area contributed by atoms with Gasteiger partial charge in [0.15, 0.2) is 0 Å². The molecular formula is C72H36N2O4. The van der Waals surface area contributed by atoms with E-state index in [0.29, 0.717) is 10.8 Å². The van der Waals surface area contributed by atoms with E-state index in [1.807, 2.05) is 146 Å². The van der Waals surface area contributed by atoms with Crippen molar-refractivity contribution in [3.05, 3.63) is 294 Å². The zero-order valence-electron chi connectivity index (χ0n) is 41.3. The standard InChI is InChI=1S/C72H36N2O4/c75-73(76)71-39-13-35-67-57(25-11-37-69(67)71)47-45-55-23-9-31-63-53(21-7-33-65(55)63)43-41-51-19-5-27-59-49(17-3-29-61(51)59)15-1-2-16-50-18-4-30-62-52(20-6-28-60(50)62)42-44-54-22-8-34-66-56(24-10-32-64(54)66)46-48-58-26-12-38-70-68(58)36-14-40-72(70)74(77)78/h3-14,17-40H. The summed E-state index contributed by atoms with van der Waals surface area (Å²) >= 11 is 0. The SMILES string of the molecule is O=[N+]([O-])c1cccc2c(C#Cc3cccc4c(C#Cc5cccc6c(C#CC#Cc7cccc8c(C#Cc9cccc%10c(C#Cc%11cccc%12c([N+](=O)[O-])cccc%11%12)cccc9%10)cccc78)cccc56)cccc34)cccc12. The van der Waals surface area contributed by atoms with Crippen molar-refractivity contribution in [2.24, 2.45) is 0 Å². The van der Waals surface area contributed by atoms with E-state index >= 15 is 0 Å². The van der Waals surface area contributed by atoms with Gasteiger partial charge in [-0.2, -0.15) is 0 Å². The molecule has 0 atom stereocenters. The Kier molecular flexibility index (Phi) is 12.6. The summed E-state index contributed by atoms with van der Waals surface area (Å²) in [5, 5.41) is 33.8. The Morgan fingerprint density at radius 3 is 0.551 bits per heavy atom. The monoisotopic (exact) mass is 992 g/mol. The minimum atomic E-state index is -0.364. The van der Waals surface area contributed by atoms with Crippen molar-refractivity contribution >= 4 is 76.0 Å². The highest BCUT2D eigenvalue weighted by Crippen LogP contribution is 2.31. The summed E-state index contributed by atoms with van der Waals surface area (Å²) in [6.45, 7) is 0. The predicted molar refractivity (Wildman–Crippen MR) is 315 cm³/mol. The van der Waals surface area contributed by atoms with Gasteiger partial charge < -0.3 is 0 Å². The van der Waals surface area contributed by atoms with E-state index in [4.69, 9.17) is 0 Å². The number of nitrogens with zero attached hydrogens (tertiary/aromatic N) is 2. The third kappa shape index (κ3) is 9.22. The zero-order chi connectivity index (χ0) is 53.0. The van der Waals surface area contributed by atoms with Gasteiger partial charge in [-0.3, -0.25) is 20.2 Å². The van der Waals surface area contributed by atoms with Gasteiger partial charge >= 0.3 is 0 Å². The Morgan fingerprint density at radius 2 is 0.359 bits per heavy atom. The van der Waals surface area contributed by atoms with Crippen LogP contribution < -0.4 is 0 Å². The molecule has 12 rings (SSSR count). The lowest BCUT2D eigenvalue weighted by Gasteiger charge is -2.05. The van der Waals surface area contributed by atoms with Crippen molar-refractivity contribution < 1.29 is 9.85 Å². The van der Waals surface area contributed by atoms with Crippen molar-refractivity contribution in [3.8, 4) is 71.0 Å². The number of benzene rings is 12. The van der Waals surface area contributed by atoms with E-state index in [-0.39, 0.29) is 21.2 Å². The smallest absolute Gasteiger partial charge is 0.258 e. The summed E-state index contributed by atoms with van der Waals surface area (Å²) in [4.78, 5) is 22.7. The van der Waals surface area contributed by atoms with Gasteiger partial charge in [-0.15, -0.1) is 0 Å². The molecule has 0 amide bonds. The lowest BCUT2D eigenvalue weighted by molar-refractivity contribution is -0.383. The fourth-order valence-electron chi connectivity index (χ4n) is 9.97. The fourth-order valence-corrected chi connectivity index (χ4v) is 9.97. The molecule has 0 unspecified atom stereocenters. The molecule has 0 heterocycles. The molecule has 0 saturated heterocycles. The van der Waals surface area contributed by atoms with Crippen LogP contribution >= 0.6 is 0 Å². The number of nitro groups is 2. The molecule has 6 nitrogen and oxygen atoms in total. The van der Waals surface area contributed by atoms with E-state index in [2.05, 4.69) is 95.3 Å². The maximum atomic E-state index is 11.7. The van der Waals surface area contributed by atoms with Crippen molar-refractivity contribution in [2.75, 3.05) is 0 Å². The molecule has 0 aliphatic rings. The average Bonchev–Trinajstić information content (AvgIpc) is 3.52. The molecule has 0 bridgehead atoms. The van der Waals surface area contributed by atoms with Gasteiger partial charge in [-0.1, -0.05) is 193 Å². The fraction of sp³-hybridized carbons (Fsp3) is 0.